The van der Waals surface area contributed by atoms with Crippen molar-refractivity contribution < 1.29 is 28.5 Å². The van der Waals surface area contributed by atoms with E-state index in [2.05, 4.69) is 44.4 Å². The van der Waals surface area contributed by atoms with Crippen molar-refractivity contribution in [2.45, 2.75) is 43.7 Å². The van der Waals surface area contributed by atoms with E-state index < -0.39 is 0 Å². The van der Waals surface area contributed by atoms with E-state index in [1.165, 1.54) is 30.2 Å². The van der Waals surface area contributed by atoms with Crippen LogP contribution in [-0.4, -0.2) is 30.7 Å². The molecule has 2 saturated heterocycles. The molecule has 2 aliphatic heterocycles. The van der Waals surface area contributed by atoms with Crippen molar-refractivity contribution in [1.29, 1.82) is 0 Å². The molecule has 0 radical (unpaired) electrons. The van der Waals surface area contributed by atoms with Crippen LogP contribution in [0.15, 0.2) is 30.3 Å². The summed E-state index contributed by atoms with van der Waals surface area (Å²) in [6, 6.07) is 12.9. The number of benzene rings is 1. The zero-order valence-electron chi connectivity index (χ0n) is 10.8. The highest BCUT2D eigenvalue weighted by Gasteiger charge is 2.48. The summed E-state index contributed by atoms with van der Waals surface area (Å²) in [5.41, 5.74) is 1.57. The SMILES string of the molecule is C[N+]1(C)[C@@H]2CC[C@H]1CC(c1ccccc1)C2.[I-]. The number of quaternary nitrogens is 1. The van der Waals surface area contributed by atoms with E-state index in [1.807, 2.05) is 0 Å². The monoisotopic (exact) mass is 343 g/mol. The lowest BCUT2D eigenvalue weighted by molar-refractivity contribution is -0.930. The van der Waals surface area contributed by atoms with Gasteiger partial charge in [-0.15, -0.1) is 0 Å². The van der Waals surface area contributed by atoms with Gasteiger partial charge < -0.3 is 28.5 Å². The van der Waals surface area contributed by atoms with Gasteiger partial charge in [-0.3, -0.25) is 0 Å². The Morgan fingerprint density at radius 3 is 2.00 bits per heavy atom. The van der Waals surface area contributed by atoms with Crippen molar-refractivity contribution >= 4 is 0 Å². The minimum Gasteiger partial charge on any atom is -1.00 e. The summed E-state index contributed by atoms with van der Waals surface area (Å²) in [4.78, 5) is 0. The van der Waals surface area contributed by atoms with Crippen molar-refractivity contribution in [3.63, 3.8) is 0 Å². The molecule has 0 spiro atoms. The van der Waals surface area contributed by atoms with Gasteiger partial charge in [0.05, 0.1) is 26.2 Å². The van der Waals surface area contributed by atoms with Crippen LogP contribution in [0.5, 0.6) is 0 Å². The Morgan fingerprint density at radius 2 is 1.47 bits per heavy atom. The van der Waals surface area contributed by atoms with E-state index in [9.17, 15) is 0 Å². The van der Waals surface area contributed by atoms with Crippen LogP contribution < -0.4 is 24.0 Å². The lowest BCUT2D eigenvalue weighted by atomic mass is 9.84. The number of piperidine rings is 1. The molecular formula is C15H22IN. The zero-order chi connectivity index (χ0) is 11.2. The predicted molar refractivity (Wildman–Crippen MR) is 67.3 cm³/mol. The van der Waals surface area contributed by atoms with Gasteiger partial charge in [0, 0.05) is 25.7 Å². The molecule has 2 heterocycles. The van der Waals surface area contributed by atoms with Gasteiger partial charge in [-0.05, 0) is 11.5 Å². The molecule has 2 aliphatic rings. The number of rotatable bonds is 1. The fourth-order valence-corrected chi connectivity index (χ4v) is 3.88. The molecule has 0 N–H and O–H groups in total. The Bertz CT molecular complexity index is 358. The van der Waals surface area contributed by atoms with Crippen LogP contribution in [0.25, 0.3) is 0 Å². The van der Waals surface area contributed by atoms with E-state index in [1.54, 1.807) is 5.56 Å². The van der Waals surface area contributed by atoms with Crippen molar-refractivity contribution in [2.75, 3.05) is 14.1 Å². The minimum atomic E-state index is 0. The number of hydrogen-bond acceptors (Lipinski definition) is 0. The maximum Gasteiger partial charge on any atom is 0.0896 e. The summed E-state index contributed by atoms with van der Waals surface area (Å²) in [5.74, 6) is 0.824. The minimum absolute atomic E-state index is 0. The van der Waals surface area contributed by atoms with Gasteiger partial charge in [0.15, 0.2) is 0 Å². The number of fused-ring (bicyclic) bond motifs is 2. The third kappa shape index (κ3) is 2.26. The van der Waals surface area contributed by atoms with E-state index in [0.29, 0.717) is 0 Å². The second kappa shape index (κ2) is 4.88. The van der Waals surface area contributed by atoms with Crippen molar-refractivity contribution in [2.24, 2.45) is 0 Å². The van der Waals surface area contributed by atoms with Crippen LogP contribution in [0.2, 0.25) is 0 Å². The molecule has 1 aromatic rings. The van der Waals surface area contributed by atoms with E-state index in [-0.39, 0.29) is 24.0 Å². The average molecular weight is 343 g/mol. The summed E-state index contributed by atoms with van der Waals surface area (Å²) < 4.78 is 1.28. The zero-order valence-corrected chi connectivity index (χ0v) is 12.9. The number of halogens is 1. The molecule has 1 nitrogen and oxygen atoms in total. The van der Waals surface area contributed by atoms with E-state index in [0.717, 1.165) is 18.0 Å². The molecule has 1 unspecified atom stereocenters. The van der Waals surface area contributed by atoms with Crippen LogP contribution in [0.4, 0.5) is 0 Å². The molecule has 2 fully saturated rings. The first kappa shape index (κ1) is 13.3. The third-order valence-corrected chi connectivity index (χ3v) is 5.10. The van der Waals surface area contributed by atoms with Gasteiger partial charge in [0.25, 0.3) is 0 Å². The van der Waals surface area contributed by atoms with E-state index >= 15 is 0 Å². The highest BCUT2D eigenvalue weighted by atomic mass is 127. The first-order chi connectivity index (χ1) is 7.68. The molecule has 3 atom stereocenters. The second-order valence-electron chi connectivity index (χ2n) is 6.09. The van der Waals surface area contributed by atoms with Gasteiger partial charge in [-0.1, -0.05) is 30.3 Å². The molecule has 0 aliphatic carbocycles. The lowest BCUT2D eigenvalue weighted by Crippen LogP contribution is -3.00. The summed E-state index contributed by atoms with van der Waals surface area (Å²) in [6.45, 7) is 0. The van der Waals surface area contributed by atoms with Crippen molar-refractivity contribution in [3.8, 4) is 0 Å². The quantitative estimate of drug-likeness (QED) is 0.504. The predicted octanol–water partition coefficient (Wildman–Crippen LogP) is 0.175. The fraction of sp³-hybridized carbons (Fsp3) is 0.600. The van der Waals surface area contributed by atoms with Gasteiger partial charge in [-0.2, -0.15) is 0 Å². The summed E-state index contributed by atoms with van der Waals surface area (Å²) >= 11 is 0. The largest absolute Gasteiger partial charge is 1.00 e. The van der Waals surface area contributed by atoms with Crippen LogP contribution in [0.3, 0.4) is 0 Å². The number of hydrogen-bond donors (Lipinski definition) is 0. The Balaban J connectivity index is 0.00000108. The highest BCUT2D eigenvalue weighted by molar-refractivity contribution is 5.20. The van der Waals surface area contributed by atoms with E-state index in [4.69, 9.17) is 0 Å². The van der Waals surface area contributed by atoms with Gasteiger partial charge in [-0.25, -0.2) is 0 Å². The first-order valence-electron chi connectivity index (χ1n) is 6.56. The van der Waals surface area contributed by atoms with Crippen molar-refractivity contribution in [1.82, 2.24) is 0 Å². The standard InChI is InChI=1S/C15H22N.HI/c1-16(2)14-8-9-15(16)11-13(10-14)12-6-4-3-5-7-12;/h3-7,13-15H,8-11H2,1-2H3;1H/q+1;/p-1/t13?,14-,15+;. The topological polar surface area (TPSA) is 0 Å². The Labute approximate surface area is 122 Å². The molecule has 0 aromatic heterocycles. The Morgan fingerprint density at radius 1 is 0.941 bits per heavy atom. The molecule has 94 valence electrons. The van der Waals surface area contributed by atoms with Crippen LogP contribution in [0.1, 0.15) is 37.2 Å². The lowest BCUT2D eigenvalue weighted by Gasteiger charge is -2.44. The molecular weight excluding hydrogens is 321 g/mol. The molecule has 1 aromatic carbocycles. The van der Waals surface area contributed by atoms with Crippen molar-refractivity contribution in [3.05, 3.63) is 35.9 Å². The normalized spacial score (nSPS) is 34.1. The summed E-state index contributed by atoms with van der Waals surface area (Å²) in [6.07, 6.45) is 5.68. The second-order valence-corrected chi connectivity index (χ2v) is 6.09. The van der Waals surface area contributed by atoms with Gasteiger partial charge in [0.1, 0.15) is 0 Å². The van der Waals surface area contributed by atoms with Crippen LogP contribution in [-0.2, 0) is 0 Å². The fourth-order valence-electron chi connectivity index (χ4n) is 3.88. The summed E-state index contributed by atoms with van der Waals surface area (Å²) in [7, 11) is 4.87. The third-order valence-electron chi connectivity index (χ3n) is 5.10. The number of nitrogens with zero attached hydrogens (tertiary/aromatic N) is 1. The Hall–Kier alpha value is -0.0900. The maximum atomic E-state index is 2.43. The molecule has 2 heteroatoms. The summed E-state index contributed by atoms with van der Waals surface area (Å²) in [5, 5.41) is 0. The first-order valence-corrected chi connectivity index (χ1v) is 6.56. The molecule has 0 saturated carbocycles. The molecule has 3 rings (SSSR count). The Kier molecular flexibility index (Phi) is 3.83. The van der Waals surface area contributed by atoms with Crippen LogP contribution in [0, 0.1) is 0 Å². The average Bonchev–Trinajstić information content (AvgIpc) is 2.51. The van der Waals surface area contributed by atoms with Gasteiger partial charge in [0.2, 0.25) is 0 Å². The molecule has 17 heavy (non-hydrogen) atoms. The highest BCUT2D eigenvalue weighted by Crippen LogP contribution is 2.45. The maximum absolute atomic E-state index is 2.43. The van der Waals surface area contributed by atoms with Crippen LogP contribution >= 0.6 is 0 Å². The molecule has 0 amide bonds. The molecule has 2 bridgehead atoms. The smallest absolute Gasteiger partial charge is 0.0896 e. The van der Waals surface area contributed by atoms with Gasteiger partial charge >= 0.3 is 0 Å².